The highest BCUT2D eigenvalue weighted by atomic mass is 32.2. The maximum Gasteiger partial charge on any atom is 0.242 e. The summed E-state index contributed by atoms with van der Waals surface area (Å²) in [7, 11) is -3.40. The zero-order valence-corrected chi connectivity index (χ0v) is 17.0. The maximum absolute atomic E-state index is 12.6. The molecule has 2 aliphatic rings. The fourth-order valence-electron chi connectivity index (χ4n) is 3.88. The van der Waals surface area contributed by atoms with Crippen LogP contribution in [0.25, 0.3) is 0 Å². The number of carbonyl (C=O) groups excluding carboxylic acids is 2. The molecule has 7 nitrogen and oxygen atoms in total. The van der Waals surface area contributed by atoms with Crippen molar-refractivity contribution in [2.75, 3.05) is 32.7 Å². The second-order valence-corrected chi connectivity index (χ2v) is 9.54. The topological polar surface area (TPSA) is 86.8 Å². The third kappa shape index (κ3) is 5.54. The third-order valence-corrected chi connectivity index (χ3v) is 7.42. The molecule has 28 heavy (non-hydrogen) atoms. The van der Waals surface area contributed by atoms with Crippen LogP contribution in [0.2, 0.25) is 0 Å². The average Bonchev–Trinajstić information content (AvgIpc) is 2.73. The second kappa shape index (κ2) is 9.52. The van der Waals surface area contributed by atoms with E-state index < -0.39 is 10.0 Å². The van der Waals surface area contributed by atoms with Gasteiger partial charge in [0.2, 0.25) is 21.8 Å². The van der Waals surface area contributed by atoms with Gasteiger partial charge in [-0.1, -0.05) is 49.6 Å². The minimum Gasteiger partial charge on any atom is -0.347 e. The number of hydrogen-bond acceptors (Lipinski definition) is 4. The number of hydrogen-bond donors (Lipinski definition) is 1. The molecule has 1 aliphatic heterocycles. The Kier molecular flexibility index (Phi) is 7.07. The summed E-state index contributed by atoms with van der Waals surface area (Å²) >= 11 is 0. The molecule has 2 amide bonds. The van der Waals surface area contributed by atoms with Crippen LogP contribution in [0.4, 0.5) is 0 Å². The fraction of sp³-hybridized carbons (Fsp3) is 0.600. The number of nitrogens with one attached hydrogen (secondary N) is 1. The molecule has 8 heteroatoms. The third-order valence-electron chi connectivity index (χ3n) is 5.57. The highest BCUT2D eigenvalue weighted by Crippen LogP contribution is 2.23. The lowest BCUT2D eigenvalue weighted by Crippen LogP contribution is -2.53. The zero-order valence-electron chi connectivity index (χ0n) is 16.2. The Morgan fingerprint density at radius 1 is 0.964 bits per heavy atom. The Hall–Kier alpha value is -1.93. The highest BCUT2D eigenvalue weighted by Gasteiger charge is 2.29. The van der Waals surface area contributed by atoms with Gasteiger partial charge in [-0.15, -0.1) is 0 Å². The average molecular weight is 408 g/mol. The predicted octanol–water partition coefficient (Wildman–Crippen LogP) is 1.36. The van der Waals surface area contributed by atoms with E-state index in [1.54, 1.807) is 17.0 Å². The number of nitrogens with zero attached hydrogens (tertiary/aromatic N) is 2. The van der Waals surface area contributed by atoms with Crippen LogP contribution in [-0.2, 0) is 25.4 Å². The molecule has 154 valence electrons. The molecule has 0 bridgehead atoms. The van der Waals surface area contributed by atoms with Gasteiger partial charge in [-0.25, -0.2) is 8.42 Å². The van der Waals surface area contributed by atoms with E-state index in [0.29, 0.717) is 13.1 Å². The standard InChI is InChI=1S/C20H29N3O4S/c24-19(15-21-20(25)18-9-5-2-6-10-18)22-11-13-23(14-12-22)28(26,27)16-17-7-3-1-4-8-17/h1,3-4,7-8,18H,2,5-6,9-16H2,(H,21,25). The maximum atomic E-state index is 12.6. The molecule has 0 aromatic heterocycles. The normalized spacial score (nSPS) is 19.4. The fourth-order valence-corrected chi connectivity index (χ4v) is 5.39. The Balaban J connectivity index is 1.44. The lowest BCUT2D eigenvalue weighted by molar-refractivity contribution is -0.135. The van der Waals surface area contributed by atoms with Crippen LogP contribution < -0.4 is 5.32 Å². The number of carbonyl (C=O) groups is 2. The van der Waals surface area contributed by atoms with Crippen LogP contribution in [0.3, 0.4) is 0 Å². The molecule has 0 spiro atoms. The SMILES string of the molecule is O=C(NCC(=O)N1CCN(S(=O)(=O)Cc2ccccc2)CC1)C1CCCCC1. The van der Waals surface area contributed by atoms with E-state index in [2.05, 4.69) is 5.32 Å². The zero-order chi connectivity index (χ0) is 20.0. The van der Waals surface area contributed by atoms with Crippen molar-refractivity contribution in [3.05, 3.63) is 35.9 Å². The molecule has 1 aromatic carbocycles. The number of sulfonamides is 1. The van der Waals surface area contributed by atoms with E-state index in [4.69, 9.17) is 0 Å². The van der Waals surface area contributed by atoms with E-state index in [0.717, 1.165) is 31.2 Å². The summed E-state index contributed by atoms with van der Waals surface area (Å²) in [5.41, 5.74) is 0.756. The number of benzene rings is 1. The first-order valence-corrected chi connectivity index (χ1v) is 11.6. The van der Waals surface area contributed by atoms with Gasteiger partial charge in [0.05, 0.1) is 12.3 Å². The monoisotopic (exact) mass is 407 g/mol. The Morgan fingerprint density at radius 2 is 1.61 bits per heavy atom. The minimum atomic E-state index is -3.40. The molecule has 2 fully saturated rings. The molecule has 0 atom stereocenters. The molecule has 1 saturated heterocycles. The molecule has 1 aliphatic carbocycles. The van der Waals surface area contributed by atoms with Crippen LogP contribution in [0.15, 0.2) is 30.3 Å². The Bertz CT molecular complexity index is 768. The summed E-state index contributed by atoms with van der Waals surface area (Å²) in [6.07, 6.45) is 5.13. The van der Waals surface area contributed by atoms with Gasteiger partial charge in [0, 0.05) is 32.1 Å². The summed E-state index contributed by atoms with van der Waals surface area (Å²) < 4.78 is 26.6. The molecule has 1 aromatic rings. The summed E-state index contributed by atoms with van der Waals surface area (Å²) in [6.45, 7) is 1.28. The van der Waals surface area contributed by atoms with Crippen molar-refractivity contribution in [3.8, 4) is 0 Å². The summed E-state index contributed by atoms with van der Waals surface area (Å²) in [5, 5.41) is 2.76. The number of amides is 2. The van der Waals surface area contributed by atoms with Crippen molar-refractivity contribution in [1.82, 2.24) is 14.5 Å². The summed E-state index contributed by atoms with van der Waals surface area (Å²) in [5.74, 6) is -0.179. The lowest BCUT2D eigenvalue weighted by atomic mass is 9.89. The van der Waals surface area contributed by atoms with Gasteiger partial charge in [-0.3, -0.25) is 9.59 Å². The van der Waals surface area contributed by atoms with Crippen molar-refractivity contribution < 1.29 is 18.0 Å². The van der Waals surface area contributed by atoms with Gasteiger partial charge in [-0.2, -0.15) is 4.31 Å². The van der Waals surface area contributed by atoms with E-state index in [1.807, 2.05) is 18.2 Å². The molecule has 0 radical (unpaired) electrons. The van der Waals surface area contributed by atoms with Crippen LogP contribution >= 0.6 is 0 Å². The van der Waals surface area contributed by atoms with Crippen LogP contribution in [0.1, 0.15) is 37.7 Å². The largest absolute Gasteiger partial charge is 0.347 e. The summed E-state index contributed by atoms with van der Waals surface area (Å²) in [4.78, 5) is 26.2. The highest BCUT2D eigenvalue weighted by molar-refractivity contribution is 7.88. The predicted molar refractivity (Wildman–Crippen MR) is 107 cm³/mol. The van der Waals surface area contributed by atoms with Crippen LogP contribution in [0, 0.1) is 5.92 Å². The Labute approximate surface area is 167 Å². The van der Waals surface area contributed by atoms with Crippen molar-refractivity contribution >= 4 is 21.8 Å². The molecular formula is C20H29N3O4S. The van der Waals surface area contributed by atoms with Crippen LogP contribution in [-0.4, -0.2) is 62.2 Å². The molecular weight excluding hydrogens is 378 g/mol. The molecule has 1 saturated carbocycles. The first-order chi connectivity index (χ1) is 13.5. The van der Waals surface area contributed by atoms with Crippen molar-refractivity contribution in [2.24, 2.45) is 5.92 Å². The van der Waals surface area contributed by atoms with E-state index in [1.165, 1.54) is 10.7 Å². The quantitative estimate of drug-likeness (QED) is 0.771. The second-order valence-electron chi connectivity index (χ2n) is 7.57. The first kappa shape index (κ1) is 20.8. The minimum absolute atomic E-state index is 0.00784. The van der Waals surface area contributed by atoms with Gasteiger partial charge in [0.1, 0.15) is 0 Å². The lowest BCUT2D eigenvalue weighted by Gasteiger charge is -2.34. The van der Waals surface area contributed by atoms with Gasteiger partial charge in [0.25, 0.3) is 0 Å². The first-order valence-electron chi connectivity index (χ1n) is 10.0. The van der Waals surface area contributed by atoms with Crippen LogP contribution in [0.5, 0.6) is 0 Å². The molecule has 1 heterocycles. The van der Waals surface area contributed by atoms with E-state index >= 15 is 0 Å². The van der Waals surface area contributed by atoms with Crippen molar-refractivity contribution in [1.29, 1.82) is 0 Å². The molecule has 3 rings (SSSR count). The van der Waals surface area contributed by atoms with Gasteiger partial charge >= 0.3 is 0 Å². The van der Waals surface area contributed by atoms with E-state index in [9.17, 15) is 18.0 Å². The van der Waals surface area contributed by atoms with E-state index in [-0.39, 0.29) is 43.1 Å². The van der Waals surface area contributed by atoms with Gasteiger partial charge < -0.3 is 10.2 Å². The van der Waals surface area contributed by atoms with Crippen molar-refractivity contribution in [3.63, 3.8) is 0 Å². The number of rotatable bonds is 6. The Morgan fingerprint density at radius 3 is 2.25 bits per heavy atom. The number of piperazine rings is 1. The van der Waals surface area contributed by atoms with Gasteiger partial charge in [0.15, 0.2) is 0 Å². The summed E-state index contributed by atoms with van der Waals surface area (Å²) in [6, 6.07) is 9.10. The van der Waals surface area contributed by atoms with Gasteiger partial charge in [-0.05, 0) is 18.4 Å². The molecule has 0 unspecified atom stereocenters. The molecule has 1 N–H and O–H groups in total. The van der Waals surface area contributed by atoms with Crippen molar-refractivity contribution in [2.45, 2.75) is 37.9 Å². The smallest absolute Gasteiger partial charge is 0.242 e.